The van der Waals surface area contributed by atoms with Crippen molar-refractivity contribution in [3.63, 3.8) is 0 Å². The average molecular weight is 475 g/mol. The molecule has 0 aromatic heterocycles. The summed E-state index contributed by atoms with van der Waals surface area (Å²) in [6.45, 7) is 6.74. The average Bonchev–Trinajstić information content (AvgIpc) is 2.76. The molecular formula is C24H31BrN2O3. The maximum Gasteiger partial charge on any atom is 0.261 e. The van der Waals surface area contributed by atoms with Crippen molar-refractivity contribution in [2.75, 3.05) is 13.2 Å². The van der Waals surface area contributed by atoms with Gasteiger partial charge in [-0.25, -0.2) is 0 Å². The summed E-state index contributed by atoms with van der Waals surface area (Å²) in [6, 6.07) is 14.9. The van der Waals surface area contributed by atoms with E-state index in [-0.39, 0.29) is 18.4 Å². The number of ether oxygens (including phenoxy) is 1. The lowest BCUT2D eigenvalue weighted by Gasteiger charge is -2.28. The molecule has 0 radical (unpaired) electrons. The molecule has 1 atom stereocenters. The molecule has 0 spiro atoms. The van der Waals surface area contributed by atoms with Crippen LogP contribution < -0.4 is 10.1 Å². The number of unbranched alkanes of at least 4 members (excludes halogenated alkanes) is 1. The van der Waals surface area contributed by atoms with E-state index >= 15 is 0 Å². The predicted octanol–water partition coefficient (Wildman–Crippen LogP) is 4.72. The highest BCUT2D eigenvalue weighted by atomic mass is 79.9. The van der Waals surface area contributed by atoms with Crippen LogP contribution in [0, 0.1) is 0 Å². The molecule has 162 valence electrons. The Labute approximate surface area is 187 Å². The summed E-state index contributed by atoms with van der Waals surface area (Å²) in [6.07, 6.45) is 2.84. The van der Waals surface area contributed by atoms with Crippen molar-refractivity contribution >= 4 is 27.7 Å². The van der Waals surface area contributed by atoms with Gasteiger partial charge in [0.15, 0.2) is 6.61 Å². The van der Waals surface area contributed by atoms with Gasteiger partial charge in [0.25, 0.3) is 5.91 Å². The zero-order valence-electron chi connectivity index (χ0n) is 18.0. The number of benzene rings is 2. The Kier molecular flexibility index (Phi) is 9.87. The second-order valence-corrected chi connectivity index (χ2v) is 8.09. The summed E-state index contributed by atoms with van der Waals surface area (Å²) in [7, 11) is 0. The third-order valence-corrected chi connectivity index (χ3v) is 5.57. The minimum absolute atomic E-state index is 0.135. The molecule has 0 saturated carbocycles. The largest absolute Gasteiger partial charge is 0.483 e. The molecule has 0 bridgehead atoms. The van der Waals surface area contributed by atoms with Gasteiger partial charge in [-0.2, -0.15) is 0 Å². The summed E-state index contributed by atoms with van der Waals surface area (Å²) in [4.78, 5) is 27.2. The highest BCUT2D eigenvalue weighted by Gasteiger charge is 2.26. The molecule has 6 heteroatoms. The highest BCUT2D eigenvalue weighted by molar-refractivity contribution is 9.10. The number of amides is 2. The summed E-state index contributed by atoms with van der Waals surface area (Å²) in [5.74, 6) is 0.227. The third kappa shape index (κ3) is 7.17. The second kappa shape index (κ2) is 12.4. The van der Waals surface area contributed by atoms with Gasteiger partial charge in [0.05, 0.1) is 4.47 Å². The number of nitrogens with zero attached hydrogens (tertiary/aromatic N) is 1. The molecule has 5 nitrogen and oxygen atoms in total. The van der Waals surface area contributed by atoms with E-state index in [1.54, 1.807) is 11.8 Å². The van der Waals surface area contributed by atoms with Crippen molar-refractivity contribution in [2.45, 2.75) is 52.6 Å². The number of hydrogen-bond donors (Lipinski definition) is 1. The van der Waals surface area contributed by atoms with Crippen molar-refractivity contribution in [3.8, 4) is 5.75 Å². The predicted molar refractivity (Wildman–Crippen MR) is 123 cm³/mol. The molecule has 0 aliphatic heterocycles. The zero-order chi connectivity index (χ0) is 21.9. The number of nitrogens with one attached hydrogen (secondary N) is 1. The minimum Gasteiger partial charge on any atom is -0.483 e. The fourth-order valence-corrected chi connectivity index (χ4v) is 3.54. The Hall–Kier alpha value is -2.34. The second-order valence-electron chi connectivity index (χ2n) is 7.23. The molecule has 0 aliphatic rings. The number of aryl methyl sites for hydroxylation is 1. The summed E-state index contributed by atoms with van der Waals surface area (Å²) in [5, 5.41) is 2.92. The lowest BCUT2D eigenvalue weighted by Crippen LogP contribution is -2.49. The van der Waals surface area contributed by atoms with E-state index in [2.05, 4.69) is 35.1 Å². The lowest BCUT2D eigenvalue weighted by atomic mass is 10.1. The minimum atomic E-state index is -0.593. The van der Waals surface area contributed by atoms with Crippen LogP contribution in [0.5, 0.6) is 5.75 Å². The van der Waals surface area contributed by atoms with Crippen molar-refractivity contribution in [1.29, 1.82) is 0 Å². The summed E-state index contributed by atoms with van der Waals surface area (Å²) in [5.41, 5.74) is 2.15. The van der Waals surface area contributed by atoms with E-state index in [1.165, 1.54) is 5.56 Å². The van der Waals surface area contributed by atoms with Crippen LogP contribution >= 0.6 is 15.9 Å². The topological polar surface area (TPSA) is 58.6 Å². The van der Waals surface area contributed by atoms with E-state index in [0.717, 1.165) is 29.3 Å². The molecule has 0 heterocycles. The van der Waals surface area contributed by atoms with E-state index in [4.69, 9.17) is 4.74 Å². The first-order chi connectivity index (χ1) is 14.5. The molecule has 2 aromatic carbocycles. The maximum absolute atomic E-state index is 13.0. The maximum atomic E-state index is 13.0. The molecule has 0 aliphatic carbocycles. The molecule has 2 rings (SSSR count). The van der Waals surface area contributed by atoms with Crippen molar-refractivity contribution in [2.24, 2.45) is 0 Å². The van der Waals surface area contributed by atoms with Crippen LogP contribution in [0.15, 0.2) is 53.0 Å². The fraction of sp³-hybridized carbons (Fsp3) is 0.417. The third-order valence-electron chi connectivity index (χ3n) is 4.95. The van der Waals surface area contributed by atoms with Crippen molar-refractivity contribution < 1.29 is 14.3 Å². The molecule has 2 amide bonds. The van der Waals surface area contributed by atoms with Gasteiger partial charge in [0.1, 0.15) is 11.8 Å². The van der Waals surface area contributed by atoms with Crippen molar-refractivity contribution in [3.05, 3.63) is 64.1 Å². The molecule has 30 heavy (non-hydrogen) atoms. The molecule has 0 fully saturated rings. The standard InChI is InChI=1S/C24H31BrN2O3/c1-4-6-14-26-24(29)18(3)27(16-20-10-8-7-9-11-20)23(28)17-30-22-13-12-19(5-2)15-21(22)25/h7-13,15,18H,4-6,14,16-17H2,1-3H3,(H,26,29). The first kappa shape index (κ1) is 23.9. The number of carbonyl (C=O) groups excluding carboxylic acids is 2. The Morgan fingerprint density at radius 3 is 2.47 bits per heavy atom. The van der Waals surface area contributed by atoms with Gasteiger partial charge in [-0.15, -0.1) is 0 Å². The van der Waals surface area contributed by atoms with Gasteiger partial charge >= 0.3 is 0 Å². The van der Waals surface area contributed by atoms with Gasteiger partial charge in [-0.1, -0.05) is 56.7 Å². The van der Waals surface area contributed by atoms with Gasteiger partial charge < -0.3 is 15.0 Å². The zero-order valence-corrected chi connectivity index (χ0v) is 19.6. The van der Waals surface area contributed by atoms with E-state index in [1.807, 2.05) is 48.5 Å². The normalized spacial score (nSPS) is 11.6. The monoisotopic (exact) mass is 474 g/mol. The van der Waals surface area contributed by atoms with Gasteiger partial charge in [0.2, 0.25) is 5.91 Å². The SMILES string of the molecule is CCCCNC(=O)C(C)N(Cc1ccccc1)C(=O)COc1ccc(CC)cc1Br. The fourth-order valence-electron chi connectivity index (χ4n) is 3.00. The van der Waals surface area contributed by atoms with Crippen LogP contribution in [-0.4, -0.2) is 35.9 Å². The van der Waals surface area contributed by atoms with Crippen LogP contribution in [0.4, 0.5) is 0 Å². The van der Waals surface area contributed by atoms with E-state index in [9.17, 15) is 9.59 Å². The van der Waals surface area contributed by atoms with Crippen LogP contribution in [0.3, 0.4) is 0 Å². The lowest BCUT2D eigenvalue weighted by molar-refractivity contribution is -0.142. The van der Waals surface area contributed by atoms with Crippen molar-refractivity contribution in [1.82, 2.24) is 10.2 Å². The number of carbonyl (C=O) groups is 2. The van der Waals surface area contributed by atoms with Crippen LogP contribution in [0.2, 0.25) is 0 Å². The van der Waals surface area contributed by atoms with Gasteiger partial charge in [0, 0.05) is 13.1 Å². The molecule has 1 unspecified atom stereocenters. The first-order valence-corrected chi connectivity index (χ1v) is 11.3. The number of hydrogen-bond acceptors (Lipinski definition) is 3. The number of halogens is 1. The van der Waals surface area contributed by atoms with Crippen LogP contribution in [-0.2, 0) is 22.6 Å². The first-order valence-electron chi connectivity index (χ1n) is 10.5. The summed E-state index contributed by atoms with van der Waals surface area (Å²) < 4.78 is 6.59. The highest BCUT2D eigenvalue weighted by Crippen LogP contribution is 2.26. The van der Waals surface area contributed by atoms with Gasteiger partial charge in [-0.05, 0) is 59.0 Å². The number of rotatable bonds is 11. The molecule has 1 N–H and O–H groups in total. The van der Waals surface area contributed by atoms with Crippen LogP contribution in [0.1, 0.15) is 44.7 Å². The van der Waals surface area contributed by atoms with Gasteiger partial charge in [-0.3, -0.25) is 9.59 Å². The quantitative estimate of drug-likeness (QED) is 0.479. The Bertz CT molecular complexity index is 826. The molecule has 2 aromatic rings. The molecule has 0 saturated heterocycles. The smallest absolute Gasteiger partial charge is 0.261 e. The Balaban J connectivity index is 2.10. The van der Waals surface area contributed by atoms with Crippen LogP contribution in [0.25, 0.3) is 0 Å². The Morgan fingerprint density at radius 1 is 1.10 bits per heavy atom. The Morgan fingerprint density at radius 2 is 1.83 bits per heavy atom. The van der Waals surface area contributed by atoms with E-state index in [0.29, 0.717) is 18.8 Å². The van der Waals surface area contributed by atoms with E-state index < -0.39 is 6.04 Å². The summed E-state index contributed by atoms with van der Waals surface area (Å²) >= 11 is 3.50. The molecular weight excluding hydrogens is 444 g/mol.